The minimum atomic E-state index is -0.160. The van der Waals surface area contributed by atoms with Gasteiger partial charge in [-0.2, -0.15) is 0 Å². The van der Waals surface area contributed by atoms with Crippen LogP contribution in [0.4, 0.5) is 0 Å². The average Bonchev–Trinajstić information content (AvgIpc) is 3.08. The van der Waals surface area contributed by atoms with Crippen molar-refractivity contribution in [3.05, 3.63) is 102 Å². The Morgan fingerprint density at radius 1 is 0.880 bits per heavy atom. The molecule has 4 aromatic rings. The Bertz CT molecular complexity index is 1020. The SMILES string of the molecule is C=C(c1ccccc1)C(c1ccc(Cl)cc1)n1nnc2ccccc21. The molecule has 1 aromatic heterocycles. The Labute approximate surface area is 151 Å². The monoisotopic (exact) mass is 345 g/mol. The maximum atomic E-state index is 6.08. The molecular formula is C21H16ClN3. The number of aromatic nitrogens is 3. The van der Waals surface area contributed by atoms with Crippen molar-refractivity contribution < 1.29 is 0 Å². The van der Waals surface area contributed by atoms with E-state index in [1.54, 1.807) is 0 Å². The number of hydrogen-bond acceptors (Lipinski definition) is 2. The van der Waals surface area contributed by atoms with Gasteiger partial charge < -0.3 is 0 Å². The first-order valence-corrected chi connectivity index (χ1v) is 8.41. The zero-order valence-corrected chi connectivity index (χ0v) is 14.3. The Balaban J connectivity index is 1.89. The van der Waals surface area contributed by atoms with E-state index in [0.717, 1.165) is 27.7 Å². The van der Waals surface area contributed by atoms with Gasteiger partial charge >= 0.3 is 0 Å². The second-order valence-corrected chi connectivity index (χ2v) is 6.30. The van der Waals surface area contributed by atoms with Crippen LogP contribution < -0.4 is 0 Å². The Kier molecular flexibility index (Phi) is 4.08. The van der Waals surface area contributed by atoms with E-state index in [2.05, 4.69) is 29.0 Å². The van der Waals surface area contributed by atoms with Crippen molar-refractivity contribution in [1.29, 1.82) is 0 Å². The molecule has 3 aromatic carbocycles. The van der Waals surface area contributed by atoms with E-state index in [1.807, 2.05) is 71.4 Å². The normalized spacial score (nSPS) is 12.2. The second-order valence-electron chi connectivity index (χ2n) is 5.87. The van der Waals surface area contributed by atoms with Crippen molar-refractivity contribution in [1.82, 2.24) is 15.0 Å². The zero-order valence-electron chi connectivity index (χ0n) is 13.5. The van der Waals surface area contributed by atoms with Gasteiger partial charge in [-0.1, -0.05) is 78.0 Å². The summed E-state index contributed by atoms with van der Waals surface area (Å²) in [5.41, 5.74) is 4.93. The summed E-state index contributed by atoms with van der Waals surface area (Å²) >= 11 is 6.08. The molecule has 0 fully saturated rings. The third-order valence-corrected chi connectivity index (χ3v) is 4.53. The molecule has 3 nitrogen and oxygen atoms in total. The molecule has 4 rings (SSSR count). The van der Waals surface area contributed by atoms with Crippen LogP contribution in [0.2, 0.25) is 5.02 Å². The van der Waals surface area contributed by atoms with E-state index in [9.17, 15) is 0 Å². The predicted molar refractivity (Wildman–Crippen MR) is 103 cm³/mol. The first kappa shape index (κ1) is 15.6. The number of halogens is 1. The van der Waals surface area contributed by atoms with Crippen LogP contribution in [-0.2, 0) is 0 Å². The van der Waals surface area contributed by atoms with Crippen molar-refractivity contribution in [2.45, 2.75) is 6.04 Å². The molecule has 0 aliphatic heterocycles. The summed E-state index contributed by atoms with van der Waals surface area (Å²) in [5, 5.41) is 9.42. The van der Waals surface area contributed by atoms with E-state index >= 15 is 0 Å². The smallest absolute Gasteiger partial charge is 0.113 e. The number of hydrogen-bond donors (Lipinski definition) is 0. The zero-order chi connectivity index (χ0) is 17.2. The summed E-state index contributed by atoms with van der Waals surface area (Å²) in [7, 11) is 0. The first-order chi connectivity index (χ1) is 12.2. The first-order valence-electron chi connectivity index (χ1n) is 8.03. The fourth-order valence-electron chi connectivity index (χ4n) is 3.02. The van der Waals surface area contributed by atoms with Crippen LogP contribution in [0.5, 0.6) is 0 Å². The molecule has 0 saturated carbocycles. The molecule has 122 valence electrons. The number of fused-ring (bicyclic) bond motifs is 1. The molecular weight excluding hydrogens is 330 g/mol. The molecule has 1 heterocycles. The van der Waals surface area contributed by atoms with Crippen LogP contribution in [0.3, 0.4) is 0 Å². The third-order valence-electron chi connectivity index (χ3n) is 4.28. The van der Waals surface area contributed by atoms with E-state index in [0.29, 0.717) is 5.02 Å². The summed E-state index contributed by atoms with van der Waals surface area (Å²) in [6.45, 7) is 4.37. The van der Waals surface area contributed by atoms with Crippen LogP contribution in [0, 0.1) is 0 Å². The lowest BCUT2D eigenvalue weighted by Crippen LogP contribution is -2.14. The van der Waals surface area contributed by atoms with Gasteiger partial charge in [-0.3, -0.25) is 0 Å². The maximum absolute atomic E-state index is 6.08. The number of allylic oxidation sites excluding steroid dienone is 1. The molecule has 0 spiro atoms. The van der Waals surface area contributed by atoms with E-state index in [-0.39, 0.29) is 6.04 Å². The molecule has 0 radical (unpaired) electrons. The maximum Gasteiger partial charge on any atom is 0.113 e. The van der Waals surface area contributed by atoms with Gasteiger partial charge in [-0.05, 0) is 41.0 Å². The molecule has 0 aliphatic carbocycles. The van der Waals surface area contributed by atoms with Gasteiger partial charge in [0.05, 0.1) is 5.52 Å². The molecule has 0 N–H and O–H groups in total. The van der Waals surface area contributed by atoms with Gasteiger partial charge in [-0.25, -0.2) is 4.68 Å². The van der Waals surface area contributed by atoms with Crippen molar-refractivity contribution >= 4 is 28.2 Å². The van der Waals surface area contributed by atoms with Gasteiger partial charge in [0.1, 0.15) is 11.6 Å². The standard InChI is InChI=1S/C21H16ClN3/c1-15(16-7-3-2-4-8-16)21(17-11-13-18(22)14-12-17)25-20-10-6-5-9-19(20)23-24-25/h2-14,21H,1H2. The molecule has 1 atom stereocenters. The van der Waals surface area contributed by atoms with Crippen LogP contribution in [0.25, 0.3) is 16.6 Å². The van der Waals surface area contributed by atoms with Gasteiger partial charge in [0.2, 0.25) is 0 Å². The lowest BCUT2D eigenvalue weighted by atomic mass is 9.94. The highest BCUT2D eigenvalue weighted by molar-refractivity contribution is 6.30. The fourth-order valence-corrected chi connectivity index (χ4v) is 3.15. The summed E-state index contributed by atoms with van der Waals surface area (Å²) in [5.74, 6) is 0. The Morgan fingerprint density at radius 3 is 2.32 bits per heavy atom. The van der Waals surface area contributed by atoms with Crippen molar-refractivity contribution in [3.8, 4) is 0 Å². The topological polar surface area (TPSA) is 30.7 Å². The van der Waals surface area contributed by atoms with Crippen LogP contribution >= 0.6 is 11.6 Å². The van der Waals surface area contributed by atoms with Gasteiger partial charge in [0.25, 0.3) is 0 Å². The predicted octanol–water partition coefficient (Wildman–Crippen LogP) is 5.39. The number of rotatable bonds is 4. The molecule has 25 heavy (non-hydrogen) atoms. The largest absolute Gasteiger partial charge is 0.233 e. The van der Waals surface area contributed by atoms with Crippen LogP contribution in [0.15, 0.2) is 85.4 Å². The summed E-state index contributed by atoms with van der Waals surface area (Å²) < 4.78 is 1.92. The molecule has 0 aliphatic rings. The average molecular weight is 346 g/mol. The highest BCUT2D eigenvalue weighted by Crippen LogP contribution is 2.34. The Morgan fingerprint density at radius 2 is 1.56 bits per heavy atom. The van der Waals surface area contributed by atoms with Crippen LogP contribution in [-0.4, -0.2) is 15.0 Å². The van der Waals surface area contributed by atoms with Crippen molar-refractivity contribution in [3.63, 3.8) is 0 Å². The minimum absolute atomic E-state index is 0.160. The van der Waals surface area contributed by atoms with Gasteiger partial charge in [-0.15, -0.1) is 5.10 Å². The van der Waals surface area contributed by atoms with Crippen LogP contribution in [0.1, 0.15) is 17.2 Å². The molecule has 1 unspecified atom stereocenters. The highest BCUT2D eigenvalue weighted by Gasteiger charge is 2.22. The summed E-state index contributed by atoms with van der Waals surface area (Å²) in [6, 6.07) is 25.7. The van der Waals surface area contributed by atoms with Gasteiger partial charge in [0, 0.05) is 5.02 Å². The van der Waals surface area contributed by atoms with E-state index in [1.165, 1.54) is 0 Å². The molecule has 0 saturated heterocycles. The minimum Gasteiger partial charge on any atom is -0.233 e. The highest BCUT2D eigenvalue weighted by atomic mass is 35.5. The number of nitrogens with zero attached hydrogens (tertiary/aromatic N) is 3. The molecule has 4 heteroatoms. The van der Waals surface area contributed by atoms with Crippen molar-refractivity contribution in [2.75, 3.05) is 0 Å². The summed E-state index contributed by atoms with van der Waals surface area (Å²) in [6.07, 6.45) is 0. The molecule has 0 amide bonds. The van der Waals surface area contributed by atoms with Crippen molar-refractivity contribution in [2.24, 2.45) is 0 Å². The number of benzene rings is 3. The number of para-hydroxylation sites is 1. The quantitative estimate of drug-likeness (QED) is 0.496. The lowest BCUT2D eigenvalue weighted by molar-refractivity contribution is 0.615. The van der Waals surface area contributed by atoms with E-state index in [4.69, 9.17) is 11.6 Å². The molecule has 0 bridgehead atoms. The lowest BCUT2D eigenvalue weighted by Gasteiger charge is -2.21. The second kappa shape index (κ2) is 6.54. The van der Waals surface area contributed by atoms with E-state index < -0.39 is 0 Å². The Hall–Kier alpha value is -2.91. The fraction of sp³-hybridized carbons (Fsp3) is 0.0476. The summed E-state index contributed by atoms with van der Waals surface area (Å²) in [4.78, 5) is 0. The van der Waals surface area contributed by atoms with Gasteiger partial charge in [0.15, 0.2) is 0 Å². The third kappa shape index (κ3) is 2.94.